The third kappa shape index (κ3) is 4.72. The Kier molecular flexibility index (Phi) is 6.35. The lowest BCUT2D eigenvalue weighted by Gasteiger charge is -2.10. The summed E-state index contributed by atoms with van der Waals surface area (Å²) in [4.78, 5) is 11.8. The Morgan fingerprint density at radius 2 is 1.84 bits per heavy atom. The highest BCUT2D eigenvalue weighted by Gasteiger charge is 2.32. The van der Waals surface area contributed by atoms with E-state index in [1.165, 1.54) is 17.6 Å². The van der Waals surface area contributed by atoms with E-state index in [4.69, 9.17) is 5.11 Å². The van der Waals surface area contributed by atoms with Gasteiger partial charge in [-0.3, -0.25) is 9.36 Å². The first kappa shape index (κ1) is 22.4. The van der Waals surface area contributed by atoms with Crippen molar-refractivity contribution >= 4 is 22.5 Å². The van der Waals surface area contributed by atoms with E-state index in [-0.39, 0.29) is 42.1 Å². The predicted molar refractivity (Wildman–Crippen MR) is 111 cm³/mol. The van der Waals surface area contributed by atoms with Gasteiger partial charge >= 0.3 is 6.18 Å². The fourth-order valence-corrected chi connectivity index (χ4v) is 3.26. The number of hydrogen-bond acceptors (Lipinski definition) is 4. The molecule has 31 heavy (non-hydrogen) atoms. The van der Waals surface area contributed by atoms with Gasteiger partial charge in [-0.05, 0) is 44.5 Å². The van der Waals surface area contributed by atoms with Crippen molar-refractivity contribution in [2.45, 2.75) is 32.9 Å². The fraction of sp³-hybridized carbons (Fsp3) is 0.273. The Bertz CT molecular complexity index is 1130. The van der Waals surface area contributed by atoms with Crippen molar-refractivity contribution < 1.29 is 28.2 Å². The maximum atomic E-state index is 13.3. The van der Waals surface area contributed by atoms with Gasteiger partial charge in [0.1, 0.15) is 0 Å². The number of aryl methyl sites for hydroxylation is 1. The number of aliphatic hydroxyl groups excluding tert-OH is 1. The molecule has 0 aliphatic heterocycles. The first-order chi connectivity index (χ1) is 14.6. The number of amides is 1. The third-order valence-corrected chi connectivity index (χ3v) is 4.83. The first-order valence-electron chi connectivity index (χ1n) is 9.59. The second-order valence-electron chi connectivity index (χ2n) is 7.16. The van der Waals surface area contributed by atoms with E-state index in [1.807, 2.05) is 6.92 Å². The lowest BCUT2D eigenvalue weighted by atomic mass is 10.1. The molecule has 9 heteroatoms. The number of halogens is 3. The minimum atomic E-state index is -4.55. The summed E-state index contributed by atoms with van der Waals surface area (Å²) in [5.41, 5.74) is 3.54. The average molecular weight is 433 g/mol. The molecule has 3 rings (SSSR count). The molecule has 0 saturated carbocycles. The lowest BCUT2D eigenvalue weighted by Crippen LogP contribution is -2.19. The zero-order valence-electron chi connectivity index (χ0n) is 17.0. The number of hydrogen-bond donors (Lipinski definition) is 3. The van der Waals surface area contributed by atoms with Crippen LogP contribution in [0.3, 0.4) is 0 Å². The van der Waals surface area contributed by atoms with Gasteiger partial charge in [-0.25, -0.2) is 5.43 Å². The van der Waals surface area contributed by atoms with Gasteiger partial charge in [0.25, 0.3) is 0 Å². The number of fused-ring (bicyclic) bond motifs is 1. The van der Waals surface area contributed by atoms with Crippen molar-refractivity contribution in [2.75, 3.05) is 6.61 Å². The van der Waals surface area contributed by atoms with E-state index in [9.17, 15) is 23.1 Å². The van der Waals surface area contributed by atoms with E-state index >= 15 is 0 Å². The number of aromatic hydroxyl groups is 1. The number of nitrogens with zero attached hydrogens (tertiary/aromatic N) is 2. The Morgan fingerprint density at radius 1 is 1.16 bits per heavy atom. The molecule has 0 bridgehead atoms. The summed E-state index contributed by atoms with van der Waals surface area (Å²) in [6, 6.07) is 10.2. The molecule has 0 aliphatic rings. The standard InChI is InChI=1S/C22H22F3N3O3/c1-13-5-8-16(9-6-13)28-18-12-15(22(23,24)25)7-10-17(18)20(21(28)31)14(2)26-27-19(30)4-3-11-29/h5-10,12,29,31H,3-4,11H2,1-2H3,(H,27,30)/b26-14-. The number of carbonyl (C=O) groups is 1. The van der Waals surface area contributed by atoms with Crippen molar-refractivity contribution in [3.05, 3.63) is 59.2 Å². The van der Waals surface area contributed by atoms with Gasteiger partial charge in [-0.15, -0.1) is 0 Å². The van der Waals surface area contributed by atoms with Crippen LogP contribution in [0.5, 0.6) is 5.88 Å². The molecule has 0 aliphatic carbocycles. The molecular weight excluding hydrogens is 411 g/mol. The number of carbonyl (C=O) groups excluding carboxylic acids is 1. The van der Waals surface area contributed by atoms with Crippen LogP contribution in [0.2, 0.25) is 0 Å². The number of rotatable bonds is 6. The van der Waals surface area contributed by atoms with Crippen molar-refractivity contribution in [3.8, 4) is 11.6 Å². The van der Waals surface area contributed by atoms with E-state index in [0.717, 1.165) is 17.7 Å². The zero-order valence-corrected chi connectivity index (χ0v) is 17.0. The van der Waals surface area contributed by atoms with Gasteiger partial charge in [0, 0.05) is 24.1 Å². The number of alkyl halides is 3. The van der Waals surface area contributed by atoms with E-state index < -0.39 is 17.6 Å². The molecule has 0 saturated heterocycles. The molecule has 1 amide bonds. The van der Waals surface area contributed by atoms with Crippen LogP contribution in [0.25, 0.3) is 16.6 Å². The Hall–Kier alpha value is -3.33. The molecule has 164 valence electrons. The van der Waals surface area contributed by atoms with E-state index in [1.54, 1.807) is 24.3 Å². The van der Waals surface area contributed by atoms with Crippen molar-refractivity contribution in [2.24, 2.45) is 5.10 Å². The molecule has 0 unspecified atom stereocenters. The number of nitrogens with one attached hydrogen (secondary N) is 1. The molecule has 0 radical (unpaired) electrons. The monoisotopic (exact) mass is 433 g/mol. The first-order valence-corrected chi connectivity index (χ1v) is 9.59. The Balaban J connectivity index is 2.17. The van der Waals surface area contributed by atoms with Crippen molar-refractivity contribution in [3.63, 3.8) is 0 Å². The maximum Gasteiger partial charge on any atom is 0.416 e. The largest absolute Gasteiger partial charge is 0.494 e. The summed E-state index contributed by atoms with van der Waals surface area (Å²) in [6.45, 7) is 3.28. The van der Waals surface area contributed by atoms with Crippen LogP contribution in [0, 0.1) is 6.92 Å². The normalized spacial score (nSPS) is 12.4. The zero-order chi connectivity index (χ0) is 22.8. The van der Waals surface area contributed by atoms with Crippen molar-refractivity contribution in [1.29, 1.82) is 0 Å². The summed E-state index contributed by atoms with van der Waals surface area (Å²) in [5.74, 6) is -0.710. The SMILES string of the molecule is C/C(=N/NC(=O)CCCO)c1c(O)n(-c2ccc(C)cc2)c2cc(C(F)(F)F)ccc12. The van der Waals surface area contributed by atoms with E-state index in [0.29, 0.717) is 11.1 Å². The quantitative estimate of drug-likeness (QED) is 0.401. The van der Waals surface area contributed by atoms with Gasteiger partial charge in [-0.2, -0.15) is 18.3 Å². The number of hydrazone groups is 1. The van der Waals surface area contributed by atoms with Gasteiger partial charge in [0.2, 0.25) is 11.8 Å². The molecule has 3 N–H and O–H groups in total. The molecule has 0 fully saturated rings. The van der Waals surface area contributed by atoms with Crippen LogP contribution in [0.4, 0.5) is 13.2 Å². The van der Waals surface area contributed by atoms with Crippen LogP contribution < -0.4 is 5.43 Å². The minimum Gasteiger partial charge on any atom is -0.494 e. The highest BCUT2D eigenvalue weighted by atomic mass is 19.4. The number of aromatic nitrogens is 1. The third-order valence-electron chi connectivity index (χ3n) is 4.83. The van der Waals surface area contributed by atoms with Gasteiger partial charge in [-0.1, -0.05) is 23.8 Å². The van der Waals surface area contributed by atoms with Crippen LogP contribution in [0.1, 0.15) is 36.5 Å². The van der Waals surface area contributed by atoms with Crippen LogP contribution >= 0.6 is 0 Å². The molecule has 1 aromatic heterocycles. The van der Waals surface area contributed by atoms with Gasteiger partial charge < -0.3 is 10.2 Å². The van der Waals surface area contributed by atoms with Crippen molar-refractivity contribution in [1.82, 2.24) is 9.99 Å². The van der Waals surface area contributed by atoms with Gasteiger partial charge in [0.05, 0.1) is 22.4 Å². The molecule has 1 heterocycles. The highest BCUT2D eigenvalue weighted by molar-refractivity contribution is 6.13. The Morgan fingerprint density at radius 3 is 2.45 bits per heavy atom. The smallest absolute Gasteiger partial charge is 0.416 e. The predicted octanol–water partition coefficient (Wildman–Crippen LogP) is 4.28. The van der Waals surface area contributed by atoms with Gasteiger partial charge in [0.15, 0.2) is 0 Å². The molecular formula is C22H22F3N3O3. The summed E-state index contributed by atoms with van der Waals surface area (Å²) in [6.07, 6.45) is -4.20. The second-order valence-corrected chi connectivity index (χ2v) is 7.16. The average Bonchev–Trinajstić information content (AvgIpc) is 3.01. The Labute approximate surface area is 176 Å². The topological polar surface area (TPSA) is 86.8 Å². The number of benzene rings is 2. The summed E-state index contributed by atoms with van der Waals surface area (Å²) >= 11 is 0. The molecule has 3 aromatic rings. The molecule has 0 spiro atoms. The maximum absolute atomic E-state index is 13.3. The molecule has 0 atom stereocenters. The lowest BCUT2D eigenvalue weighted by molar-refractivity contribution is -0.137. The summed E-state index contributed by atoms with van der Waals surface area (Å²) in [5, 5.41) is 24.1. The second kappa shape index (κ2) is 8.81. The summed E-state index contributed by atoms with van der Waals surface area (Å²) < 4.78 is 41.3. The van der Waals surface area contributed by atoms with Crippen LogP contribution in [-0.4, -0.2) is 33.0 Å². The van der Waals surface area contributed by atoms with Crippen LogP contribution in [-0.2, 0) is 11.0 Å². The summed E-state index contributed by atoms with van der Waals surface area (Å²) in [7, 11) is 0. The fourth-order valence-electron chi connectivity index (χ4n) is 3.26. The highest BCUT2D eigenvalue weighted by Crippen LogP contribution is 2.38. The van der Waals surface area contributed by atoms with E-state index in [2.05, 4.69) is 10.5 Å². The number of aliphatic hydroxyl groups is 1. The molecule has 6 nitrogen and oxygen atoms in total. The molecule has 2 aromatic carbocycles. The van der Waals surface area contributed by atoms with Crippen LogP contribution in [0.15, 0.2) is 47.6 Å². The minimum absolute atomic E-state index is 0.0688.